The minimum Gasteiger partial charge on any atom is -0.405 e. The minimum atomic E-state index is -2.68. The zero-order valence-electron chi connectivity index (χ0n) is 18.3. The van der Waals surface area contributed by atoms with E-state index in [0.29, 0.717) is 18.7 Å². The summed E-state index contributed by atoms with van der Waals surface area (Å²) in [6.45, 7) is 7.16. The van der Waals surface area contributed by atoms with Gasteiger partial charge in [-0.15, -0.1) is 0 Å². The fourth-order valence-corrected chi connectivity index (χ4v) is 9.31. The van der Waals surface area contributed by atoms with E-state index in [1.165, 1.54) is 10.4 Å². The van der Waals surface area contributed by atoms with Crippen LogP contribution in [0.3, 0.4) is 0 Å². The largest absolute Gasteiger partial charge is 0.405 e. The molecule has 1 atom stereocenters. The van der Waals surface area contributed by atoms with E-state index in [1.54, 1.807) is 6.07 Å². The SMILES string of the molecule is CC(C)(C)[Si](OC[C@H](CCO)n1cc(Br)cc1C#N)(c1ccccc1)c1ccccc1. The van der Waals surface area contributed by atoms with Gasteiger partial charge in [0.25, 0.3) is 8.32 Å². The van der Waals surface area contributed by atoms with Gasteiger partial charge in [0.15, 0.2) is 0 Å². The van der Waals surface area contributed by atoms with E-state index in [0.717, 1.165) is 4.47 Å². The highest BCUT2D eigenvalue weighted by Crippen LogP contribution is 2.37. The molecular formula is C25H29BrN2O2Si. The van der Waals surface area contributed by atoms with Gasteiger partial charge in [-0.25, -0.2) is 0 Å². The van der Waals surface area contributed by atoms with Crippen LogP contribution in [-0.2, 0) is 4.43 Å². The van der Waals surface area contributed by atoms with Gasteiger partial charge in [0.2, 0.25) is 0 Å². The first-order chi connectivity index (χ1) is 14.8. The molecule has 3 aromatic rings. The first-order valence-corrected chi connectivity index (χ1v) is 13.2. The van der Waals surface area contributed by atoms with Crippen molar-refractivity contribution in [1.82, 2.24) is 4.57 Å². The Balaban J connectivity index is 2.09. The van der Waals surface area contributed by atoms with Crippen LogP contribution < -0.4 is 10.4 Å². The van der Waals surface area contributed by atoms with Crippen molar-refractivity contribution in [1.29, 1.82) is 5.26 Å². The van der Waals surface area contributed by atoms with Crippen LogP contribution >= 0.6 is 15.9 Å². The molecule has 0 radical (unpaired) electrons. The van der Waals surface area contributed by atoms with Gasteiger partial charge < -0.3 is 14.1 Å². The zero-order chi connectivity index (χ0) is 22.5. The lowest BCUT2D eigenvalue weighted by molar-refractivity contribution is 0.192. The maximum Gasteiger partial charge on any atom is 0.261 e. The first kappa shape index (κ1) is 23.5. The summed E-state index contributed by atoms with van der Waals surface area (Å²) in [7, 11) is -2.68. The standard InChI is InChI=1S/C25H29BrN2O2Si/c1-25(2,3)31(23-10-6-4-7-11-23,24-12-8-5-9-13-24)30-19-21(14-15-29)28-18-20(26)16-22(28)17-27/h4-13,16,18,21,29H,14-15,19H2,1-3H3/t21-/m0/s1. The van der Waals surface area contributed by atoms with E-state index in [1.807, 2.05) is 22.9 Å². The summed E-state index contributed by atoms with van der Waals surface area (Å²) in [5.74, 6) is 0. The van der Waals surface area contributed by atoms with Gasteiger partial charge in [-0.05, 0) is 43.8 Å². The Morgan fingerprint density at radius 2 is 1.61 bits per heavy atom. The normalized spacial score (nSPS) is 13.0. The molecule has 0 spiro atoms. The molecule has 0 bridgehead atoms. The maximum atomic E-state index is 9.74. The highest BCUT2D eigenvalue weighted by atomic mass is 79.9. The molecule has 4 nitrogen and oxygen atoms in total. The number of aromatic nitrogens is 1. The van der Waals surface area contributed by atoms with Gasteiger partial charge in [-0.3, -0.25) is 0 Å². The molecule has 0 saturated heterocycles. The second-order valence-corrected chi connectivity index (χ2v) is 13.9. The van der Waals surface area contributed by atoms with E-state index in [4.69, 9.17) is 4.43 Å². The first-order valence-electron chi connectivity index (χ1n) is 10.5. The van der Waals surface area contributed by atoms with Crippen molar-refractivity contribution in [2.45, 2.75) is 38.3 Å². The molecule has 3 rings (SSSR count). The zero-order valence-corrected chi connectivity index (χ0v) is 20.8. The number of nitriles is 1. The van der Waals surface area contributed by atoms with Crippen molar-refractivity contribution >= 4 is 34.6 Å². The molecule has 1 heterocycles. The Kier molecular flexibility index (Phi) is 7.55. The number of hydrogen-bond acceptors (Lipinski definition) is 3. The molecule has 6 heteroatoms. The van der Waals surface area contributed by atoms with Crippen LogP contribution in [0.5, 0.6) is 0 Å². The van der Waals surface area contributed by atoms with Crippen LogP contribution in [0.25, 0.3) is 0 Å². The summed E-state index contributed by atoms with van der Waals surface area (Å²) < 4.78 is 9.79. The van der Waals surface area contributed by atoms with Gasteiger partial charge in [0.05, 0.1) is 12.6 Å². The van der Waals surface area contributed by atoms with E-state index >= 15 is 0 Å². The fraction of sp³-hybridized carbons (Fsp3) is 0.320. The van der Waals surface area contributed by atoms with Crippen LogP contribution in [-0.4, -0.2) is 31.2 Å². The van der Waals surface area contributed by atoms with E-state index in [2.05, 4.69) is 91.3 Å². The Hall–Kier alpha value is -2.17. The average molecular weight is 498 g/mol. The second-order valence-electron chi connectivity index (χ2n) is 8.70. The number of halogens is 1. The summed E-state index contributed by atoms with van der Waals surface area (Å²) >= 11 is 3.47. The van der Waals surface area contributed by atoms with E-state index in [-0.39, 0.29) is 17.7 Å². The van der Waals surface area contributed by atoms with Gasteiger partial charge in [-0.2, -0.15) is 5.26 Å². The molecule has 0 saturated carbocycles. The smallest absolute Gasteiger partial charge is 0.261 e. The van der Waals surface area contributed by atoms with Gasteiger partial charge in [0.1, 0.15) is 11.8 Å². The summed E-state index contributed by atoms with van der Waals surface area (Å²) in [5, 5.41) is 21.6. The van der Waals surface area contributed by atoms with Crippen LogP contribution in [0.4, 0.5) is 0 Å². The fourth-order valence-electron chi connectivity index (χ4n) is 4.27. The third-order valence-electron chi connectivity index (χ3n) is 5.69. The van der Waals surface area contributed by atoms with Crippen LogP contribution in [0.15, 0.2) is 77.4 Å². The Morgan fingerprint density at radius 1 is 1.06 bits per heavy atom. The lowest BCUT2D eigenvalue weighted by Crippen LogP contribution is -2.66. The van der Waals surface area contributed by atoms with E-state index in [9.17, 15) is 10.4 Å². The van der Waals surface area contributed by atoms with Crippen molar-refractivity contribution in [3.63, 3.8) is 0 Å². The topological polar surface area (TPSA) is 58.2 Å². The summed E-state index contributed by atoms with van der Waals surface area (Å²) in [6, 6.07) is 24.9. The molecule has 1 aromatic heterocycles. The van der Waals surface area contributed by atoms with Crippen LogP contribution in [0.1, 0.15) is 38.9 Å². The van der Waals surface area contributed by atoms with Crippen molar-refractivity contribution in [3.05, 3.63) is 83.1 Å². The number of benzene rings is 2. The van der Waals surface area contributed by atoms with Gasteiger partial charge >= 0.3 is 0 Å². The number of aliphatic hydroxyl groups excluding tert-OH is 1. The molecule has 162 valence electrons. The van der Waals surface area contributed by atoms with Crippen LogP contribution in [0.2, 0.25) is 5.04 Å². The lowest BCUT2D eigenvalue weighted by atomic mass is 10.2. The van der Waals surface area contributed by atoms with E-state index < -0.39 is 8.32 Å². The number of nitrogens with zero attached hydrogens (tertiary/aromatic N) is 2. The van der Waals surface area contributed by atoms with Crippen molar-refractivity contribution in [3.8, 4) is 6.07 Å². The highest BCUT2D eigenvalue weighted by molar-refractivity contribution is 9.10. The van der Waals surface area contributed by atoms with Crippen molar-refractivity contribution < 1.29 is 9.53 Å². The maximum absolute atomic E-state index is 9.74. The predicted octanol–water partition coefficient (Wildman–Crippen LogP) is 4.62. The highest BCUT2D eigenvalue weighted by Gasteiger charge is 2.50. The average Bonchev–Trinajstić information content (AvgIpc) is 3.14. The summed E-state index contributed by atoms with van der Waals surface area (Å²) in [4.78, 5) is 0. The van der Waals surface area contributed by atoms with Gasteiger partial charge in [0, 0.05) is 17.3 Å². The molecule has 0 amide bonds. The molecule has 0 unspecified atom stereocenters. The minimum absolute atomic E-state index is 0.0233. The van der Waals surface area contributed by atoms with Crippen molar-refractivity contribution in [2.75, 3.05) is 13.2 Å². The molecule has 0 aliphatic rings. The number of hydrogen-bond donors (Lipinski definition) is 1. The number of rotatable bonds is 8. The molecular weight excluding hydrogens is 468 g/mol. The number of aliphatic hydroxyl groups is 1. The molecule has 1 N–H and O–H groups in total. The molecule has 2 aromatic carbocycles. The van der Waals surface area contributed by atoms with Gasteiger partial charge in [-0.1, -0.05) is 81.4 Å². The Morgan fingerprint density at radius 3 is 2.06 bits per heavy atom. The lowest BCUT2D eigenvalue weighted by Gasteiger charge is -2.43. The monoisotopic (exact) mass is 496 g/mol. The third kappa shape index (κ3) is 4.86. The molecule has 31 heavy (non-hydrogen) atoms. The Bertz CT molecular complexity index is 984. The molecule has 0 aliphatic carbocycles. The summed E-state index contributed by atoms with van der Waals surface area (Å²) in [6.07, 6.45) is 2.40. The summed E-state index contributed by atoms with van der Waals surface area (Å²) in [5.41, 5.74) is 0.552. The van der Waals surface area contributed by atoms with Crippen molar-refractivity contribution in [2.24, 2.45) is 0 Å². The Labute approximate surface area is 194 Å². The predicted molar refractivity (Wildman–Crippen MR) is 131 cm³/mol. The quantitative estimate of drug-likeness (QED) is 0.462. The third-order valence-corrected chi connectivity index (χ3v) is 11.1. The second kappa shape index (κ2) is 9.97. The van der Waals surface area contributed by atoms with Crippen LogP contribution in [0, 0.1) is 11.3 Å². The molecule has 0 aliphatic heterocycles. The molecule has 0 fully saturated rings.